The molecule has 0 spiro atoms. The molecular formula is C17H25ClN2O3S. The third-order valence-electron chi connectivity index (χ3n) is 3.58. The van der Waals surface area contributed by atoms with E-state index in [1.807, 2.05) is 44.4 Å². The molecule has 2 unspecified atom stereocenters. The Bertz CT molecular complexity index is 662. The maximum atomic E-state index is 12.1. The Morgan fingerprint density at radius 1 is 1.46 bits per heavy atom. The maximum Gasteiger partial charge on any atom is 0.237 e. The number of amides is 1. The van der Waals surface area contributed by atoms with E-state index in [2.05, 4.69) is 5.32 Å². The van der Waals surface area contributed by atoms with Gasteiger partial charge in [0.25, 0.3) is 0 Å². The lowest BCUT2D eigenvalue weighted by atomic mass is 10.2. The fourth-order valence-corrected chi connectivity index (χ4v) is 2.80. The van der Waals surface area contributed by atoms with Crippen LogP contribution in [0.25, 0.3) is 11.0 Å². The quantitative estimate of drug-likeness (QED) is 0.741. The zero-order valence-corrected chi connectivity index (χ0v) is 15.8. The second kappa shape index (κ2) is 9.81. The van der Waals surface area contributed by atoms with Crippen molar-refractivity contribution in [1.29, 1.82) is 0 Å². The van der Waals surface area contributed by atoms with Gasteiger partial charge in [-0.1, -0.05) is 12.1 Å². The molecule has 0 saturated carbocycles. The Balaban J connectivity index is 0.00000288. The smallest absolute Gasteiger partial charge is 0.237 e. The van der Waals surface area contributed by atoms with Gasteiger partial charge in [-0.2, -0.15) is 11.8 Å². The van der Waals surface area contributed by atoms with E-state index in [1.165, 1.54) is 0 Å². The Morgan fingerprint density at radius 3 is 2.88 bits per heavy atom. The molecule has 2 atom stereocenters. The van der Waals surface area contributed by atoms with Crippen LogP contribution in [0, 0.1) is 0 Å². The molecule has 2 rings (SSSR count). The summed E-state index contributed by atoms with van der Waals surface area (Å²) in [4.78, 5) is 12.1. The first-order valence-corrected chi connectivity index (χ1v) is 9.16. The number of rotatable bonds is 8. The van der Waals surface area contributed by atoms with Crippen LogP contribution in [0.3, 0.4) is 0 Å². The minimum Gasteiger partial charge on any atom is -0.490 e. The van der Waals surface area contributed by atoms with Gasteiger partial charge in [-0.25, -0.2) is 0 Å². The highest BCUT2D eigenvalue weighted by atomic mass is 35.5. The fraction of sp³-hybridized carbons (Fsp3) is 0.471. The van der Waals surface area contributed by atoms with Crippen LogP contribution in [0.1, 0.15) is 32.1 Å². The van der Waals surface area contributed by atoms with E-state index < -0.39 is 6.04 Å². The molecule has 5 nitrogen and oxygen atoms in total. The highest BCUT2D eigenvalue weighted by Crippen LogP contribution is 2.31. The molecule has 0 aliphatic rings. The van der Waals surface area contributed by atoms with Crippen molar-refractivity contribution in [1.82, 2.24) is 5.32 Å². The number of furan rings is 1. The van der Waals surface area contributed by atoms with Gasteiger partial charge in [0.05, 0.1) is 18.7 Å². The topological polar surface area (TPSA) is 77.5 Å². The SMILES string of the molecule is CCOc1cccc2cc(C(C)NC(=O)C(N)CCSC)oc12.Cl. The second-order valence-electron chi connectivity index (χ2n) is 5.37. The zero-order valence-electron chi connectivity index (χ0n) is 14.2. The average molecular weight is 373 g/mol. The number of para-hydroxylation sites is 1. The molecule has 1 aromatic carbocycles. The zero-order chi connectivity index (χ0) is 16.8. The minimum atomic E-state index is -0.492. The number of benzene rings is 1. The van der Waals surface area contributed by atoms with Gasteiger partial charge >= 0.3 is 0 Å². The summed E-state index contributed by atoms with van der Waals surface area (Å²) in [6.07, 6.45) is 2.66. The van der Waals surface area contributed by atoms with E-state index in [4.69, 9.17) is 14.9 Å². The molecule has 0 radical (unpaired) electrons. The summed E-state index contributed by atoms with van der Waals surface area (Å²) in [5.41, 5.74) is 6.60. The molecule has 1 amide bonds. The summed E-state index contributed by atoms with van der Waals surface area (Å²) in [5.74, 6) is 2.12. The fourth-order valence-electron chi connectivity index (χ4n) is 2.31. The third-order valence-corrected chi connectivity index (χ3v) is 4.23. The summed E-state index contributed by atoms with van der Waals surface area (Å²) in [6.45, 7) is 4.39. The molecule has 24 heavy (non-hydrogen) atoms. The van der Waals surface area contributed by atoms with Gasteiger partial charge in [0.15, 0.2) is 11.3 Å². The van der Waals surface area contributed by atoms with Crippen LogP contribution in [-0.4, -0.2) is 30.6 Å². The number of nitrogens with one attached hydrogen (secondary N) is 1. The van der Waals surface area contributed by atoms with Gasteiger partial charge in [-0.3, -0.25) is 4.79 Å². The van der Waals surface area contributed by atoms with E-state index in [9.17, 15) is 4.79 Å². The lowest BCUT2D eigenvalue weighted by Crippen LogP contribution is -2.41. The van der Waals surface area contributed by atoms with Gasteiger partial charge in [0, 0.05) is 5.39 Å². The van der Waals surface area contributed by atoms with E-state index in [1.54, 1.807) is 11.8 Å². The average Bonchev–Trinajstić information content (AvgIpc) is 2.98. The van der Waals surface area contributed by atoms with E-state index in [0.29, 0.717) is 30.1 Å². The van der Waals surface area contributed by atoms with Crippen LogP contribution in [0.4, 0.5) is 0 Å². The highest BCUT2D eigenvalue weighted by Gasteiger charge is 2.19. The summed E-state index contributed by atoms with van der Waals surface area (Å²) in [5, 5.41) is 3.87. The number of halogens is 1. The van der Waals surface area contributed by atoms with Crippen LogP contribution < -0.4 is 15.8 Å². The van der Waals surface area contributed by atoms with Gasteiger partial charge in [-0.05, 0) is 44.4 Å². The monoisotopic (exact) mass is 372 g/mol. The van der Waals surface area contributed by atoms with Crippen molar-refractivity contribution in [2.75, 3.05) is 18.6 Å². The number of carbonyl (C=O) groups excluding carboxylic acids is 1. The van der Waals surface area contributed by atoms with Crippen LogP contribution in [0.2, 0.25) is 0 Å². The van der Waals surface area contributed by atoms with Crippen molar-refractivity contribution in [2.45, 2.75) is 32.4 Å². The Hall–Kier alpha value is -1.37. The lowest BCUT2D eigenvalue weighted by Gasteiger charge is -2.15. The van der Waals surface area contributed by atoms with Crippen molar-refractivity contribution in [3.63, 3.8) is 0 Å². The number of carbonyl (C=O) groups is 1. The molecule has 0 fully saturated rings. The van der Waals surface area contributed by atoms with Crippen molar-refractivity contribution < 1.29 is 13.9 Å². The molecule has 7 heteroatoms. The van der Waals surface area contributed by atoms with Gasteiger partial charge in [0.1, 0.15) is 5.76 Å². The number of thioether (sulfide) groups is 1. The predicted octanol–water partition coefficient (Wildman–Crippen LogP) is 3.51. The van der Waals surface area contributed by atoms with Gasteiger partial charge in [0.2, 0.25) is 5.91 Å². The number of ether oxygens (including phenoxy) is 1. The minimum absolute atomic E-state index is 0. The second-order valence-corrected chi connectivity index (χ2v) is 6.36. The molecule has 0 saturated heterocycles. The van der Waals surface area contributed by atoms with Crippen LogP contribution in [0.15, 0.2) is 28.7 Å². The maximum absolute atomic E-state index is 12.1. The van der Waals surface area contributed by atoms with Crippen molar-refractivity contribution in [2.24, 2.45) is 5.73 Å². The van der Waals surface area contributed by atoms with E-state index >= 15 is 0 Å². The number of hydrogen-bond donors (Lipinski definition) is 2. The van der Waals surface area contributed by atoms with Crippen molar-refractivity contribution >= 4 is 41.0 Å². The predicted molar refractivity (Wildman–Crippen MR) is 102 cm³/mol. The molecule has 1 aromatic heterocycles. The first-order valence-electron chi connectivity index (χ1n) is 7.77. The Kier molecular flexibility index (Phi) is 8.45. The summed E-state index contributed by atoms with van der Waals surface area (Å²) < 4.78 is 11.5. The summed E-state index contributed by atoms with van der Waals surface area (Å²) in [7, 11) is 0. The lowest BCUT2D eigenvalue weighted by molar-refractivity contribution is -0.123. The third kappa shape index (κ3) is 5.06. The normalized spacial score (nSPS) is 13.2. The molecule has 3 N–H and O–H groups in total. The van der Waals surface area contributed by atoms with Crippen molar-refractivity contribution in [3.8, 4) is 5.75 Å². The number of hydrogen-bond acceptors (Lipinski definition) is 5. The number of nitrogens with two attached hydrogens (primary N) is 1. The summed E-state index contributed by atoms with van der Waals surface area (Å²) >= 11 is 1.68. The number of fused-ring (bicyclic) bond motifs is 1. The molecule has 134 valence electrons. The van der Waals surface area contributed by atoms with E-state index in [-0.39, 0.29) is 24.4 Å². The first-order chi connectivity index (χ1) is 11.1. The van der Waals surface area contributed by atoms with Crippen LogP contribution in [0.5, 0.6) is 5.75 Å². The van der Waals surface area contributed by atoms with E-state index in [0.717, 1.165) is 11.1 Å². The Labute approximate surface area is 153 Å². The standard InChI is InChI=1S/C17H24N2O3S.ClH/c1-4-21-14-7-5-6-12-10-15(22-16(12)14)11(2)19-17(20)13(18)8-9-23-3;/h5-7,10-11,13H,4,8-9,18H2,1-3H3,(H,19,20);1H. The van der Waals surface area contributed by atoms with Gasteiger partial charge < -0.3 is 20.2 Å². The first kappa shape index (κ1) is 20.7. The molecule has 0 bridgehead atoms. The summed E-state index contributed by atoms with van der Waals surface area (Å²) in [6, 6.07) is 6.95. The molecule has 1 heterocycles. The molecular weight excluding hydrogens is 348 g/mol. The highest BCUT2D eigenvalue weighted by molar-refractivity contribution is 7.98. The Morgan fingerprint density at radius 2 is 2.21 bits per heavy atom. The largest absolute Gasteiger partial charge is 0.490 e. The van der Waals surface area contributed by atoms with Crippen LogP contribution in [-0.2, 0) is 4.79 Å². The van der Waals surface area contributed by atoms with Gasteiger partial charge in [-0.15, -0.1) is 12.4 Å². The van der Waals surface area contributed by atoms with Crippen LogP contribution >= 0.6 is 24.2 Å². The van der Waals surface area contributed by atoms with Crippen molar-refractivity contribution in [3.05, 3.63) is 30.0 Å². The molecule has 0 aliphatic carbocycles. The molecule has 2 aromatic rings. The molecule has 0 aliphatic heterocycles.